The summed E-state index contributed by atoms with van der Waals surface area (Å²) in [6, 6.07) is 68.9. The van der Waals surface area contributed by atoms with Gasteiger partial charge in [0.25, 0.3) is 0 Å². The molecule has 6 rings (SSSR count). The molecule has 0 nitrogen and oxygen atoms in total. The Hall–Kier alpha value is -4.03. The van der Waals surface area contributed by atoms with Gasteiger partial charge in [0.05, 0.1) is 0 Å². The zero-order valence-corrected chi connectivity index (χ0v) is 25.4. The summed E-state index contributed by atoms with van der Waals surface area (Å²) < 4.78 is 0. The fraction of sp³-hybridized carbons (Fsp3) is 0. The van der Waals surface area contributed by atoms with Gasteiger partial charge in [-0.25, -0.2) is 0 Å². The van der Waals surface area contributed by atoms with Crippen molar-refractivity contribution in [3.8, 4) is 0 Å². The Bertz CT molecular complexity index is 1270. The molecule has 0 fully saturated rings. The first-order valence-electron chi connectivity index (χ1n) is 13.7. The van der Waals surface area contributed by atoms with Crippen LogP contribution in [0.3, 0.4) is 0 Å². The summed E-state index contributed by atoms with van der Waals surface area (Å²) in [5.74, 6) is 0. The largest absolute Gasteiger partial charge is 0.131 e. The molecule has 0 aliphatic heterocycles. The van der Waals surface area contributed by atoms with Crippen molar-refractivity contribution in [3.05, 3.63) is 182 Å². The summed E-state index contributed by atoms with van der Waals surface area (Å²) >= 11 is 0. The highest BCUT2D eigenvalue weighted by molar-refractivity contribution is 7.69. The SMILES string of the molecule is c1ccc([Si]([SiH2][Si](c2ccccc2)(c2ccccc2)c2ccccc2)(c2ccccc2)c2ccccc2)cc1. The van der Waals surface area contributed by atoms with Gasteiger partial charge < -0.3 is 0 Å². The normalized spacial score (nSPS) is 11.7. The number of benzene rings is 6. The maximum absolute atomic E-state index is 2.42. The summed E-state index contributed by atoms with van der Waals surface area (Å²) in [5, 5.41) is 9.13. The van der Waals surface area contributed by atoms with E-state index in [1.165, 1.54) is 31.1 Å². The third kappa shape index (κ3) is 4.70. The first kappa shape index (κ1) is 25.3. The van der Waals surface area contributed by atoms with Crippen molar-refractivity contribution in [2.24, 2.45) is 0 Å². The zero-order valence-electron chi connectivity index (χ0n) is 22.0. The molecule has 0 aromatic heterocycles. The average Bonchev–Trinajstić information content (AvgIpc) is 3.04. The van der Waals surface area contributed by atoms with Gasteiger partial charge in [0, 0.05) is 8.55 Å². The lowest BCUT2D eigenvalue weighted by Gasteiger charge is -2.43. The van der Waals surface area contributed by atoms with E-state index in [-0.39, 0.29) is 0 Å². The highest BCUT2D eigenvalue weighted by atomic mass is 29.6. The molecule has 0 saturated heterocycles. The second kappa shape index (κ2) is 11.4. The molecule has 0 aliphatic carbocycles. The van der Waals surface area contributed by atoms with Gasteiger partial charge in [-0.15, -0.1) is 0 Å². The lowest BCUT2D eigenvalue weighted by atomic mass is 10.3. The Morgan fingerprint density at radius 3 is 0.538 bits per heavy atom. The molecule has 3 heteroatoms. The summed E-state index contributed by atoms with van der Waals surface area (Å²) in [6.07, 6.45) is 0. The fourth-order valence-corrected chi connectivity index (χ4v) is 43.4. The lowest BCUT2D eigenvalue weighted by Crippen LogP contribution is -2.84. The standard InChI is InChI=1S/C36H32Si3/c1-7-19-31(20-8-1)38(32-21-9-2-10-22-32,33-23-11-3-12-24-33)37-39(34-25-13-4-14-26-34,35-27-15-5-16-28-35)36-29-17-6-18-30-36/h1-30H,37H2. The van der Waals surface area contributed by atoms with Crippen molar-refractivity contribution < 1.29 is 0 Å². The molecule has 0 aliphatic rings. The third-order valence-electron chi connectivity index (χ3n) is 8.13. The van der Waals surface area contributed by atoms with Crippen molar-refractivity contribution >= 4 is 54.9 Å². The van der Waals surface area contributed by atoms with Gasteiger partial charge in [-0.05, 0) is 0 Å². The highest BCUT2D eigenvalue weighted by Gasteiger charge is 2.51. The molecule has 0 atom stereocenters. The Kier molecular flexibility index (Phi) is 7.37. The molecule has 0 saturated carbocycles. The minimum Gasteiger partial charge on any atom is -0.0625 e. The van der Waals surface area contributed by atoms with Gasteiger partial charge in [0.1, 0.15) is 15.2 Å². The molecule has 0 spiro atoms. The second-order valence-corrected chi connectivity index (χ2v) is 28.2. The molecule has 0 heterocycles. The number of hydrogen-bond acceptors (Lipinski definition) is 0. The van der Waals surface area contributed by atoms with Crippen LogP contribution in [0.2, 0.25) is 0 Å². The van der Waals surface area contributed by atoms with Crippen LogP contribution in [-0.2, 0) is 0 Å². The van der Waals surface area contributed by atoms with E-state index in [9.17, 15) is 0 Å². The highest BCUT2D eigenvalue weighted by Crippen LogP contribution is 2.15. The van der Waals surface area contributed by atoms with Crippen LogP contribution in [0.5, 0.6) is 0 Å². The van der Waals surface area contributed by atoms with Crippen molar-refractivity contribution in [2.45, 2.75) is 0 Å². The molecule has 188 valence electrons. The topological polar surface area (TPSA) is 0 Å². The van der Waals surface area contributed by atoms with Crippen LogP contribution >= 0.6 is 0 Å². The monoisotopic (exact) mass is 548 g/mol. The minimum absolute atomic E-state index is 0.886. The first-order valence-corrected chi connectivity index (χ1v) is 22.3. The molecule has 0 amide bonds. The molecule has 0 bridgehead atoms. The van der Waals surface area contributed by atoms with Crippen LogP contribution in [0.25, 0.3) is 0 Å². The molecular formula is C36H32Si3. The van der Waals surface area contributed by atoms with E-state index in [4.69, 9.17) is 0 Å². The maximum atomic E-state index is 2.42. The number of hydrogen-bond donors (Lipinski definition) is 0. The summed E-state index contributed by atoms with van der Waals surface area (Å²) in [6.45, 7) is 0. The molecule has 6 aromatic carbocycles. The van der Waals surface area contributed by atoms with Crippen LogP contribution in [0.4, 0.5) is 0 Å². The predicted octanol–water partition coefficient (Wildman–Crippen LogP) is 3.49. The molecule has 6 aromatic rings. The predicted molar refractivity (Wildman–Crippen MR) is 177 cm³/mol. The van der Waals surface area contributed by atoms with Crippen LogP contribution in [-0.4, -0.2) is 23.7 Å². The van der Waals surface area contributed by atoms with Crippen molar-refractivity contribution in [1.29, 1.82) is 0 Å². The van der Waals surface area contributed by atoms with Crippen molar-refractivity contribution in [3.63, 3.8) is 0 Å². The number of rotatable bonds is 8. The van der Waals surface area contributed by atoms with E-state index in [2.05, 4.69) is 182 Å². The molecule has 0 N–H and O–H groups in total. The Morgan fingerprint density at radius 1 is 0.231 bits per heavy atom. The van der Waals surface area contributed by atoms with E-state index < -0.39 is 23.7 Å². The summed E-state index contributed by atoms with van der Waals surface area (Å²) in [4.78, 5) is 0. The fourth-order valence-electron chi connectivity index (χ4n) is 6.35. The van der Waals surface area contributed by atoms with Gasteiger partial charge in [-0.3, -0.25) is 0 Å². The van der Waals surface area contributed by atoms with Gasteiger partial charge in [0.15, 0.2) is 0 Å². The van der Waals surface area contributed by atoms with E-state index in [0.29, 0.717) is 0 Å². The van der Waals surface area contributed by atoms with Gasteiger partial charge in [-0.2, -0.15) is 0 Å². The molecule has 39 heavy (non-hydrogen) atoms. The molecular weight excluding hydrogens is 517 g/mol. The first-order chi connectivity index (χ1) is 19.3. The zero-order chi connectivity index (χ0) is 26.4. The third-order valence-corrected chi connectivity index (χ3v) is 37.2. The van der Waals surface area contributed by atoms with Gasteiger partial charge in [0.2, 0.25) is 0 Å². The van der Waals surface area contributed by atoms with E-state index >= 15 is 0 Å². The van der Waals surface area contributed by atoms with E-state index in [1.54, 1.807) is 0 Å². The van der Waals surface area contributed by atoms with Crippen LogP contribution in [0, 0.1) is 0 Å². The van der Waals surface area contributed by atoms with Gasteiger partial charge >= 0.3 is 0 Å². The van der Waals surface area contributed by atoms with Crippen molar-refractivity contribution in [2.75, 3.05) is 0 Å². The Labute approximate surface area is 236 Å². The van der Waals surface area contributed by atoms with Crippen LogP contribution < -0.4 is 31.1 Å². The second-order valence-electron chi connectivity index (χ2n) is 10.2. The quantitative estimate of drug-likeness (QED) is 0.202. The minimum atomic E-state index is -2.41. The summed E-state index contributed by atoms with van der Waals surface area (Å²) in [5.41, 5.74) is 0. The van der Waals surface area contributed by atoms with Crippen molar-refractivity contribution in [1.82, 2.24) is 0 Å². The Morgan fingerprint density at radius 2 is 0.385 bits per heavy atom. The van der Waals surface area contributed by atoms with Crippen LogP contribution in [0.15, 0.2) is 182 Å². The Balaban J connectivity index is 1.76. The molecule has 0 unspecified atom stereocenters. The molecule has 0 radical (unpaired) electrons. The van der Waals surface area contributed by atoms with E-state index in [1.807, 2.05) is 0 Å². The van der Waals surface area contributed by atoms with Crippen LogP contribution in [0.1, 0.15) is 0 Å². The van der Waals surface area contributed by atoms with E-state index in [0.717, 1.165) is 0 Å². The average molecular weight is 549 g/mol. The maximum Gasteiger partial charge on any atom is 0.131 e. The van der Waals surface area contributed by atoms with Gasteiger partial charge in [-0.1, -0.05) is 213 Å². The smallest absolute Gasteiger partial charge is 0.0625 e. The summed E-state index contributed by atoms with van der Waals surface area (Å²) in [7, 11) is -5.70. The lowest BCUT2D eigenvalue weighted by molar-refractivity contribution is 1.69.